The number of hydrogen-bond acceptors (Lipinski definition) is 4. The van der Waals surface area contributed by atoms with Crippen molar-refractivity contribution in [2.75, 3.05) is 0 Å². The Kier molecular flexibility index (Phi) is 3.91. The molecule has 0 aliphatic heterocycles. The van der Waals surface area contributed by atoms with Gasteiger partial charge in [-0.15, -0.1) is 0 Å². The topological polar surface area (TPSA) is 81.4 Å². The Morgan fingerprint density at radius 3 is 2.62 bits per heavy atom. The molecule has 0 radical (unpaired) electrons. The smallest absolute Gasteiger partial charge is 0.337 e. The Hall–Kier alpha value is -2.08. The Morgan fingerprint density at radius 2 is 2.05 bits per heavy atom. The van der Waals surface area contributed by atoms with E-state index in [2.05, 4.69) is 4.98 Å². The largest absolute Gasteiger partial charge is 0.478 e. The standard InChI is InChI=1S/C14H15ClN2O4/c1-14(2,3)21-11(18)7-17-6-9(13(19)20)8-4-5-10(15)16-12(8)17/h4-6H,7H2,1-3H3,(H,19,20). The van der Waals surface area contributed by atoms with Gasteiger partial charge in [0.15, 0.2) is 0 Å². The zero-order chi connectivity index (χ0) is 15.8. The average molecular weight is 311 g/mol. The van der Waals surface area contributed by atoms with Crippen molar-refractivity contribution in [2.24, 2.45) is 0 Å². The minimum atomic E-state index is -1.09. The lowest BCUT2D eigenvalue weighted by atomic mass is 10.2. The number of fused-ring (bicyclic) bond motifs is 1. The maximum Gasteiger partial charge on any atom is 0.337 e. The predicted molar refractivity (Wildman–Crippen MR) is 77.5 cm³/mol. The third-order valence-corrected chi connectivity index (χ3v) is 2.85. The van der Waals surface area contributed by atoms with Gasteiger partial charge in [0.05, 0.1) is 5.56 Å². The summed E-state index contributed by atoms with van der Waals surface area (Å²) < 4.78 is 6.65. The molecule has 0 atom stereocenters. The molecule has 0 saturated heterocycles. The van der Waals surface area contributed by atoms with E-state index in [1.807, 2.05) is 0 Å². The van der Waals surface area contributed by atoms with E-state index < -0.39 is 17.5 Å². The van der Waals surface area contributed by atoms with Gasteiger partial charge in [0, 0.05) is 11.6 Å². The van der Waals surface area contributed by atoms with Crippen LogP contribution in [-0.4, -0.2) is 32.2 Å². The number of rotatable bonds is 3. The summed E-state index contributed by atoms with van der Waals surface area (Å²) in [5, 5.41) is 9.85. The van der Waals surface area contributed by atoms with E-state index >= 15 is 0 Å². The highest BCUT2D eigenvalue weighted by atomic mass is 35.5. The molecule has 2 aromatic rings. The van der Waals surface area contributed by atoms with Crippen LogP contribution in [0.25, 0.3) is 11.0 Å². The van der Waals surface area contributed by atoms with Crippen LogP contribution in [0.15, 0.2) is 18.3 Å². The first-order valence-electron chi connectivity index (χ1n) is 6.28. The molecule has 7 heteroatoms. The van der Waals surface area contributed by atoms with Gasteiger partial charge in [0.25, 0.3) is 0 Å². The zero-order valence-electron chi connectivity index (χ0n) is 11.9. The van der Waals surface area contributed by atoms with Crippen LogP contribution in [0.5, 0.6) is 0 Å². The molecule has 0 saturated carbocycles. The maximum atomic E-state index is 11.9. The third kappa shape index (κ3) is 3.52. The van der Waals surface area contributed by atoms with E-state index in [4.69, 9.17) is 16.3 Å². The van der Waals surface area contributed by atoms with Gasteiger partial charge in [-0.05, 0) is 32.9 Å². The number of nitrogens with zero attached hydrogens (tertiary/aromatic N) is 2. The number of esters is 1. The van der Waals surface area contributed by atoms with Crippen molar-refractivity contribution in [3.05, 3.63) is 29.0 Å². The van der Waals surface area contributed by atoms with Crippen molar-refractivity contribution >= 4 is 34.6 Å². The molecule has 0 fully saturated rings. The first-order chi connectivity index (χ1) is 9.67. The number of carboxylic acid groups (broad SMARTS) is 1. The molecule has 0 spiro atoms. The van der Waals surface area contributed by atoms with Crippen LogP contribution < -0.4 is 0 Å². The molecule has 2 rings (SSSR count). The molecule has 2 aromatic heterocycles. The quantitative estimate of drug-likeness (QED) is 0.696. The van der Waals surface area contributed by atoms with Crippen molar-refractivity contribution in [2.45, 2.75) is 32.9 Å². The minimum Gasteiger partial charge on any atom is -0.478 e. The number of aromatic nitrogens is 2. The molecule has 6 nitrogen and oxygen atoms in total. The Morgan fingerprint density at radius 1 is 1.38 bits per heavy atom. The number of carboxylic acids is 1. The van der Waals surface area contributed by atoms with Gasteiger partial charge < -0.3 is 14.4 Å². The molecule has 112 valence electrons. The van der Waals surface area contributed by atoms with E-state index in [9.17, 15) is 14.7 Å². The van der Waals surface area contributed by atoms with E-state index in [0.29, 0.717) is 11.0 Å². The number of pyridine rings is 1. The Labute approximate surface area is 126 Å². The number of hydrogen-bond donors (Lipinski definition) is 1. The number of carbonyl (C=O) groups is 2. The summed E-state index contributed by atoms with van der Waals surface area (Å²) in [5.41, 5.74) is -0.204. The molecular weight excluding hydrogens is 296 g/mol. The highest BCUT2D eigenvalue weighted by Gasteiger charge is 2.20. The normalized spacial score (nSPS) is 11.6. The summed E-state index contributed by atoms with van der Waals surface area (Å²) in [5.74, 6) is -1.56. The average Bonchev–Trinajstić information content (AvgIpc) is 2.65. The van der Waals surface area contributed by atoms with Crippen molar-refractivity contribution in [3.63, 3.8) is 0 Å². The fraction of sp³-hybridized carbons (Fsp3) is 0.357. The second kappa shape index (κ2) is 5.37. The number of aromatic carboxylic acids is 1. The van der Waals surface area contributed by atoms with Crippen LogP contribution in [0.4, 0.5) is 0 Å². The van der Waals surface area contributed by atoms with Gasteiger partial charge in [0.2, 0.25) is 0 Å². The SMILES string of the molecule is CC(C)(C)OC(=O)Cn1cc(C(=O)O)c2ccc(Cl)nc21. The van der Waals surface area contributed by atoms with Crippen molar-refractivity contribution < 1.29 is 19.4 Å². The zero-order valence-corrected chi connectivity index (χ0v) is 12.6. The fourth-order valence-electron chi connectivity index (χ4n) is 1.94. The van der Waals surface area contributed by atoms with E-state index in [1.54, 1.807) is 26.8 Å². The van der Waals surface area contributed by atoms with Gasteiger partial charge in [0.1, 0.15) is 22.9 Å². The molecular formula is C14H15ClN2O4. The Balaban J connectivity index is 2.42. The van der Waals surface area contributed by atoms with Crippen LogP contribution in [0.2, 0.25) is 5.15 Å². The number of ether oxygens (including phenoxy) is 1. The monoisotopic (exact) mass is 310 g/mol. The first kappa shape index (κ1) is 15.3. The summed E-state index contributed by atoms with van der Waals surface area (Å²) >= 11 is 5.83. The second-order valence-electron chi connectivity index (χ2n) is 5.57. The highest BCUT2D eigenvalue weighted by molar-refractivity contribution is 6.29. The molecule has 0 unspecified atom stereocenters. The molecule has 1 N–H and O–H groups in total. The summed E-state index contributed by atoms with van der Waals surface area (Å²) in [6.07, 6.45) is 1.36. The van der Waals surface area contributed by atoms with Gasteiger partial charge in [-0.2, -0.15) is 0 Å². The summed E-state index contributed by atoms with van der Waals surface area (Å²) in [6, 6.07) is 3.08. The van der Waals surface area contributed by atoms with E-state index in [0.717, 1.165) is 0 Å². The van der Waals surface area contributed by atoms with Crippen LogP contribution >= 0.6 is 11.6 Å². The van der Waals surface area contributed by atoms with Crippen LogP contribution in [-0.2, 0) is 16.1 Å². The molecule has 2 heterocycles. The van der Waals surface area contributed by atoms with Crippen LogP contribution in [0.1, 0.15) is 31.1 Å². The van der Waals surface area contributed by atoms with Crippen molar-refractivity contribution in [3.8, 4) is 0 Å². The van der Waals surface area contributed by atoms with Gasteiger partial charge in [-0.3, -0.25) is 4.79 Å². The molecule has 0 bridgehead atoms. The van der Waals surface area contributed by atoms with E-state index in [-0.39, 0.29) is 17.3 Å². The molecule has 0 aliphatic carbocycles. The molecule has 0 aliphatic rings. The molecule has 0 amide bonds. The van der Waals surface area contributed by atoms with Crippen molar-refractivity contribution in [1.82, 2.24) is 9.55 Å². The van der Waals surface area contributed by atoms with Gasteiger partial charge >= 0.3 is 11.9 Å². The molecule has 0 aromatic carbocycles. The fourth-order valence-corrected chi connectivity index (χ4v) is 2.09. The number of halogens is 1. The Bertz CT molecular complexity index is 716. The summed E-state index contributed by atoms with van der Waals surface area (Å²) in [6.45, 7) is 5.15. The van der Waals surface area contributed by atoms with Crippen LogP contribution in [0.3, 0.4) is 0 Å². The first-order valence-corrected chi connectivity index (χ1v) is 6.66. The minimum absolute atomic E-state index is 0.0673. The maximum absolute atomic E-state index is 11.9. The lowest BCUT2D eigenvalue weighted by molar-refractivity contribution is -0.155. The van der Waals surface area contributed by atoms with E-state index in [1.165, 1.54) is 16.8 Å². The van der Waals surface area contributed by atoms with Gasteiger partial charge in [-0.25, -0.2) is 9.78 Å². The van der Waals surface area contributed by atoms with Crippen molar-refractivity contribution in [1.29, 1.82) is 0 Å². The van der Waals surface area contributed by atoms with Crippen LogP contribution in [0, 0.1) is 0 Å². The molecule has 21 heavy (non-hydrogen) atoms. The predicted octanol–water partition coefficient (Wildman–Crippen LogP) is 2.73. The summed E-state index contributed by atoms with van der Waals surface area (Å²) in [4.78, 5) is 27.2. The number of carbonyl (C=O) groups excluding carboxylic acids is 1. The van der Waals surface area contributed by atoms with Gasteiger partial charge in [-0.1, -0.05) is 11.6 Å². The second-order valence-corrected chi connectivity index (χ2v) is 5.95. The summed E-state index contributed by atoms with van der Waals surface area (Å²) in [7, 11) is 0. The highest BCUT2D eigenvalue weighted by Crippen LogP contribution is 2.22. The third-order valence-electron chi connectivity index (χ3n) is 2.64. The lowest BCUT2D eigenvalue weighted by Gasteiger charge is -2.19. The lowest BCUT2D eigenvalue weighted by Crippen LogP contribution is -2.26.